The van der Waals surface area contributed by atoms with E-state index in [0.717, 1.165) is 22.4 Å². The highest BCUT2D eigenvalue weighted by Crippen LogP contribution is 2.24. The van der Waals surface area contributed by atoms with Crippen LogP contribution in [0.2, 0.25) is 5.02 Å². The van der Waals surface area contributed by atoms with E-state index in [1.807, 2.05) is 60.7 Å². The normalized spacial score (nSPS) is 11.0. The Morgan fingerprint density at radius 2 is 1.82 bits per heavy atom. The second-order valence-electron chi connectivity index (χ2n) is 4.81. The van der Waals surface area contributed by atoms with Crippen LogP contribution in [0.4, 0.5) is 0 Å². The average Bonchev–Trinajstić information content (AvgIpc) is 2.99. The van der Waals surface area contributed by atoms with Gasteiger partial charge < -0.3 is 9.82 Å². The van der Waals surface area contributed by atoms with Crippen molar-refractivity contribution in [3.8, 4) is 11.3 Å². The number of benzene rings is 2. The molecule has 3 nitrogen and oxygen atoms in total. The summed E-state index contributed by atoms with van der Waals surface area (Å²) < 4.78 is 0. The minimum Gasteiger partial charge on any atom is -0.391 e. The number of rotatable bonds is 5. The van der Waals surface area contributed by atoms with Crippen LogP contribution >= 0.6 is 11.6 Å². The van der Waals surface area contributed by atoms with E-state index in [-0.39, 0.29) is 0 Å². The van der Waals surface area contributed by atoms with Gasteiger partial charge in [0.05, 0.1) is 11.2 Å². The molecule has 0 saturated carbocycles. The Morgan fingerprint density at radius 3 is 2.59 bits per heavy atom. The molecule has 22 heavy (non-hydrogen) atoms. The van der Waals surface area contributed by atoms with Crippen molar-refractivity contribution in [1.29, 1.82) is 0 Å². The Morgan fingerprint density at radius 1 is 1.05 bits per heavy atom. The quantitative estimate of drug-likeness (QED) is 0.529. The summed E-state index contributed by atoms with van der Waals surface area (Å²) in [5.41, 5.74) is 4.04. The standard InChI is InChI=1S/C18H15ClN2O/c19-16-10-18(20-12-16)17-9-5-4-8-15(17)11-21-22-13-14-6-2-1-3-7-14/h1-12,20H,13H2. The molecule has 0 saturated heterocycles. The number of H-pyrrole nitrogens is 1. The average molecular weight is 311 g/mol. The number of aromatic amines is 1. The zero-order valence-corrected chi connectivity index (χ0v) is 12.6. The number of hydrogen-bond acceptors (Lipinski definition) is 2. The molecule has 1 aromatic heterocycles. The summed E-state index contributed by atoms with van der Waals surface area (Å²) in [6, 6.07) is 19.8. The van der Waals surface area contributed by atoms with Gasteiger partial charge in [-0.05, 0) is 11.6 Å². The fourth-order valence-corrected chi connectivity index (χ4v) is 2.32. The molecule has 0 unspecified atom stereocenters. The third-order valence-corrected chi connectivity index (χ3v) is 3.46. The molecule has 0 spiro atoms. The van der Waals surface area contributed by atoms with Crippen LogP contribution in [-0.4, -0.2) is 11.2 Å². The first-order valence-electron chi connectivity index (χ1n) is 6.95. The fraction of sp³-hybridized carbons (Fsp3) is 0.0556. The highest BCUT2D eigenvalue weighted by atomic mass is 35.5. The minimum atomic E-state index is 0.452. The van der Waals surface area contributed by atoms with Crippen molar-refractivity contribution in [3.63, 3.8) is 0 Å². The van der Waals surface area contributed by atoms with Crippen LogP contribution in [-0.2, 0) is 11.4 Å². The van der Waals surface area contributed by atoms with E-state index in [1.54, 1.807) is 12.4 Å². The molecule has 3 rings (SSSR count). The van der Waals surface area contributed by atoms with Crippen molar-refractivity contribution in [3.05, 3.63) is 83.0 Å². The van der Waals surface area contributed by atoms with Crippen LogP contribution in [0, 0.1) is 0 Å². The van der Waals surface area contributed by atoms with Gasteiger partial charge in [-0.15, -0.1) is 0 Å². The number of nitrogens with zero attached hydrogens (tertiary/aromatic N) is 1. The maximum Gasteiger partial charge on any atom is 0.142 e. The smallest absolute Gasteiger partial charge is 0.142 e. The summed E-state index contributed by atoms with van der Waals surface area (Å²) in [6.07, 6.45) is 3.48. The molecular formula is C18H15ClN2O. The Kier molecular flexibility index (Phi) is 4.56. The predicted octanol–water partition coefficient (Wildman–Crippen LogP) is 4.89. The molecular weight excluding hydrogens is 296 g/mol. The summed E-state index contributed by atoms with van der Waals surface area (Å²) in [5, 5.41) is 4.74. The zero-order chi connectivity index (χ0) is 15.2. The van der Waals surface area contributed by atoms with E-state index in [0.29, 0.717) is 11.6 Å². The summed E-state index contributed by atoms with van der Waals surface area (Å²) in [5.74, 6) is 0. The van der Waals surface area contributed by atoms with Gasteiger partial charge in [-0.2, -0.15) is 0 Å². The lowest BCUT2D eigenvalue weighted by Gasteiger charge is -2.03. The molecule has 1 N–H and O–H groups in total. The molecule has 0 fully saturated rings. The molecule has 0 aliphatic heterocycles. The van der Waals surface area contributed by atoms with Crippen molar-refractivity contribution in [1.82, 2.24) is 4.98 Å². The topological polar surface area (TPSA) is 37.4 Å². The molecule has 0 bridgehead atoms. The van der Waals surface area contributed by atoms with Crippen molar-refractivity contribution < 1.29 is 4.84 Å². The van der Waals surface area contributed by atoms with Gasteiger partial charge in [-0.25, -0.2) is 0 Å². The van der Waals surface area contributed by atoms with Gasteiger partial charge >= 0.3 is 0 Å². The summed E-state index contributed by atoms with van der Waals surface area (Å²) >= 11 is 5.97. The highest BCUT2D eigenvalue weighted by molar-refractivity contribution is 6.30. The third-order valence-electron chi connectivity index (χ3n) is 3.24. The van der Waals surface area contributed by atoms with Crippen molar-refractivity contribution in [2.24, 2.45) is 5.16 Å². The number of halogens is 1. The molecule has 0 atom stereocenters. The lowest BCUT2D eigenvalue weighted by atomic mass is 10.1. The van der Waals surface area contributed by atoms with Crippen LogP contribution in [0.15, 0.2) is 72.0 Å². The first kappa shape index (κ1) is 14.4. The SMILES string of the molecule is Clc1c[nH]c(-c2ccccc2C=NOCc2ccccc2)c1. The van der Waals surface area contributed by atoms with E-state index in [2.05, 4.69) is 10.1 Å². The number of nitrogens with one attached hydrogen (secondary N) is 1. The predicted molar refractivity (Wildman–Crippen MR) is 90.1 cm³/mol. The summed E-state index contributed by atoms with van der Waals surface area (Å²) in [6.45, 7) is 0.452. The number of oxime groups is 1. The van der Waals surface area contributed by atoms with Gasteiger partial charge in [-0.1, -0.05) is 71.4 Å². The zero-order valence-electron chi connectivity index (χ0n) is 11.9. The lowest BCUT2D eigenvalue weighted by Crippen LogP contribution is -1.90. The van der Waals surface area contributed by atoms with E-state index < -0.39 is 0 Å². The Labute approximate surface area is 134 Å². The largest absolute Gasteiger partial charge is 0.391 e. The fourth-order valence-electron chi connectivity index (χ4n) is 2.16. The minimum absolute atomic E-state index is 0.452. The monoisotopic (exact) mass is 310 g/mol. The molecule has 3 aromatic rings. The van der Waals surface area contributed by atoms with Crippen LogP contribution < -0.4 is 0 Å². The molecule has 0 radical (unpaired) electrons. The Balaban J connectivity index is 1.71. The second kappa shape index (κ2) is 6.96. The lowest BCUT2D eigenvalue weighted by molar-refractivity contribution is 0.132. The molecule has 110 valence electrons. The van der Waals surface area contributed by atoms with E-state index >= 15 is 0 Å². The number of aromatic nitrogens is 1. The van der Waals surface area contributed by atoms with Gasteiger partial charge in [0, 0.05) is 23.0 Å². The Hall–Kier alpha value is -2.52. The van der Waals surface area contributed by atoms with E-state index in [1.165, 1.54) is 0 Å². The van der Waals surface area contributed by atoms with Crippen LogP contribution in [0.25, 0.3) is 11.3 Å². The third kappa shape index (κ3) is 3.57. The van der Waals surface area contributed by atoms with Crippen LogP contribution in [0.5, 0.6) is 0 Å². The second-order valence-corrected chi connectivity index (χ2v) is 5.25. The van der Waals surface area contributed by atoms with E-state index in [4.69, 9.17) is 16.4 Å². The number of hydrogen-bond donors (Lipinski definition) is 1. The van der Waals surface area contributed by atoms with Crippen molar-refractivity contribution in [2.75, 3.05) is 0 Å². The molecule has 0 aliphatic carbocycles. The molecule has 0 amide bonds. The maximum absolute atomic E-state index is 5.97. The van der Waals surface area contributed by atoms with Crippen molar-refractivity contribution in [2.45, 2.75) is 6.61 Å². The summed E-state index contributed by atoms with van der Waals surface area (Å²) in [4.78, 5) is 8.50. The van der Waals surface area contributed by atoms with Crippen LogP contribution in [0.3, 0.4) is 0 Å². The van der Waals surface area contributed by atoms with Gasteiger partial charge in [0.15, 0.2) is 0 Å². The van der Waals surface area contributed by atoms with Gasteiger partial charge in [0.2, 0.25) is 0 Å². The maximum atomic E-state index is 5.97. The van der Waals surface area contributed by atoms with Gasteiger partial charge in [0.1, 0.15) is 6.61 Å². The highest BCUT2D eigenvalue weighted by Gasteiger charge is 2.05. The molecule has 2 aromatic carbocycles. The first-order chi connectivity index (χ1) is 10.8. The molecule has 1 heterocycles. The molecule has 4 heteroatoms. The summed E-state index contributed by atoms with van der Waals surface area (Å²) in [7, 11) is 0. The van der Waals surface area contributed by atoms with Crippen molar-refractivity contribution >= 4 is 17.8 Å². The first-order valence-corrected chi connectivity index (χ1v) is 7.33. The van der Waals surface area contributed by atoms with E-state index in [9.17, 15) is 0 Å². The van der Waals surface area contributed by atoms with Gasteiger partial charge in [0.25, 0.3) is 0 Å². The Bertz CT molecular complexity index is 766. The van der Waals surface area contributed by atoms with Crippen LogP contribution in [0.1, 0.15) is 11.1 Å². The molecule has 0 aliphatic rings. The van der Waals surface area contributed by atoms with Gasteiger partial charge in [-0.3, -0.25) is 0 Å².